The summed E-state index contributed by atoms with van der Waals surface area (Å²) in [6, 6.07) is 6.63. The number of carbonyl (C=O) groups is 1. The van der Waals surface area contributed by atoms with Gasteiger partial charge >= 0.3 is 6.18 Å². The first kappa shape index (κ1) is 19.8. The smallest absolute Gasteiger partial charge is 0.381 e. The van der Waals surface area contributed by atoms with Crippen LogP contribution < -0.4 is 5.32 Å². The van der Waals surface area contributed by atoms with Gasteiger partial charge in [-0.05, 0) is 30.7 Å². The highest BCUT2D eigenvalue weighted by atomic mass is 32.2. The van der Waals surface area contributed by atoms with Crippen LogP contribution in [-0.2, 0) is 27.9 Å². The molecule has 146 valence electrons. The van der Waals surface area contributed by atoms with Crippen molar-refractivity contribution in [2.24, 2.45) is 5.92 Å². The fourth-order valence-electron chi connectivity index (χ4n) is 2.63. The molecule has 1 aliphatic rings. The maximum absolute atomic E-state index is 12.6. The highest BCUT2D eigenvalue weighted by Crippen LogP contribution is 2.31. The number of ether oxygens (including phenoxy) is 1. The van der Waals surface area contributed by atoms with Gasteiger partial charge in [-0.2, -0.15) is 13.2 Å². The summed E-state index contributed by atoms with van der Waals surface area (Å²) < 4.78 is 48.1. The third-order valence-electron chi connectivity index (χ3n) is 4.12. The second-order valence-corrected chi connectivity index (χ2v) is 7.35. The molecular formula is C18H19F3N2O3S. The quantitative estimate of drug-likeness (QED) is 0.719. The molecule has 0 bridgehead atoms. The van der Waals surface area contributed by atoms with Gasteiger partial charge in [0, 0.05) is 30.0 Å². The molecule has 1 saturated heterocycles. The van der Waals surface area contributed by atoms with Crippen molar-refractivity contribution < 1.29 is 27.2 Å². The Labute approximate surface area is 158 Å². The van der Waals surface area contributed by atoms with Crippen LogP contribution in [0.2, 0.25) is 0 Å². The summed E-state index contributed by atoms with van der Waals surface area (Å²) in [6.45, 7) is 2.01. The molecule has 9 heteroatoms. The monoisotopic (exact) mass is 400 g/mol. The van der Waals surface area contributed by atoms with Crippen molar-refractivity contribution >= 4 is 17.7 Å². The van der Waals surface area contributed by atoms with E-state index in [1.54, 1.807) is 6.07 Å². The fourth-order valence-corrected chi connectivity index (χ4v) is 3.40. The molecule has 5 nitrogen and oxygen atoms in total. The van der Waals surface area contributed by atoms with E-state index < -0.39 is 11.7 Å². The highest BCUT2D eigenvalue weighted by molar-refractivity contribution is 7.98. The number of hydrogen-bond donors (Lipinski definition) is 1. The van der Waals surface area contributed by atoms with Crippen LogP contribution in [0.15, 0.2) is 39.8 Å². The highest BCUT2D eigenvalue weighted by Gasteiger charge is 2.29. The first-order valence-corrected chi connectivity index (χ1v) is 9.47. The van der Waals surface area contributed by atoms with E-state index in [4.69, 9.17) is 9.26 Å². The summed E-state index contributed by atoms with van der Waals surface area (Å²) in [7, 11) is 0. The molecule has 1 atom stereocenters. The Morgan fingerprint density at radius 1 is 1.30 bits per heavy atom. The second kappa shape index (κ2) is 8.79. The second-order valence-electron chi connectivity index (χ2n) is 6.31. The Bertz CT molecular complexity index is 756. The minimum Gasteiger partial charge on any atom is -0.381 e. The van der Waals surface area contributed by atoms with E-state index in [1.165, 1.54) is 23.9 Å². The molecule has 1 fully saturated rings. The van der Waals surface area contributed by atoms with Crippen LogP contribution in [0.25, 0.3) is 0 Å². The Morgan fingerprint density at radius 3 is 2.74 bits per heavy atom. The van der Waals surface area contributed by atoms with Crippen LogP contribution in [0.3, 0.4) is 0 Å². The van der Waals surface area contributed by atoms with E-state index in [0.29, 0.717) is 41.2 Å². The molecule has 0 saturated carbocycles. The van der Waals surface area contributed by atoms with Gasteiger partial charge in [0.1, 0.15) is 5.76 Å². The minimum atomic E-state index is -4.34. The normalized spacial score (nSPS) is 17.2. The van der Waals surface area contributed by atoms with Crippen LogP contribution in [-0.4, -0.2) is 30.8 Å². The lowest BCUT2D eigenvalue weighted by atomic mass is 10.1. The SMILES string of the molecule is O=C(Cc1cc(CSc2ccc(C(F)(F)F)cc2)on1)NCC1CCOC1. The number of halogens is 3. The molecule has 0 spiro atoms. The lowest BCUT2D eigenvalue weighted by molar-refractivity contribution is -0.137. The number of amides is 1. The Morgan fingerprint density at radius 2 is 2.07 bits per heavy atom. The van der Waals surface area contributed by atoms with Crippen LogP contribution in [0.5, 0.6) is 0 Å². The number of alkyl halides is 3. The number of nitrogens with one attached hydrogen (secondary N) is 1. The molecule has 27 heavy (non-hydrogen) atoms. The molecule has 1 N–H and O–H groups in total. The van der Waals surface area contributed by atoms with Crippen LogP contribution >= 0.6 is 11.8 Å². The van der Waals surface area contributed by atoms with Crippen LogP contribution in [0, 0.1) is 5.92 Å². The van der Waals surface area contributed by atoms with Gasteiger partial charge in [-0.25, -0.2) is 0 Å². The van der Waals surface area contributed by atoms with Crippen molar-refractivity contribution in [1.29, 1.82) is 0 Å². The van der Waals surface area contributed by atoms with Crippen molar-refractivity contribution in [3.05, 3.63) is 47.3 Å². The average molecular weight is 400 g/mol. The van der Waals surface area contributed by atoms with Gasteiger partial charge in [-0.3, -0.25) is 4.79 Å². The molecule has 2 aromatic rings. The number of nitrogens with zero attached hydrogens (tertiary/aromatic N) is 1. The fraction of sp³-hybridized carbons (Fsp3) is 0.444. The molecule has 0 radical (unpaired) electrons. The summed E-state index contributed by atoms with van der Waals surface area (Å²) in [4.78, 5) is 12.6. The molecule has 1 unspecified atom stereocenters. The van der Waals surface area contributed by atoms with E-state index in [9.17, 15) is 18.0 Å². The largest absolute Gasteiger partial charge is 0.416 e. The molecule has 1 amide bonds. The minimum absolute atomic E-state index is 0.127. The molecule has 1 aliphatic heterocycles. The number of benzene rings is 1. The van der Waals surface area contributed by atoms with Crippen molar-refractivity contribution in [3.8, 4) is 0 Å². The van der Waals surface area contributed by atoms with E-state index in [1.807, 2.05) is 0 Å². The summed E-state index contributed by atoms with van der Waals surface area (Å²) in [5.41, 5.74) is -0.151. The van der Waals surface area contributed by atoms with Crippen molar-refractivity contribution in [1.82, 2.24) is 10.5 Å². The molecular weight excluding hydrogens is 381 g/mol. The zero-order chi connectivity index (χ0) is 19.3. The Hall–Kier alpha value is -2.00. The Balaban J connectivity index is 1.44. The standard InChI is InChI=1S/C18H19F3N2O3S/c19-18(20,21)13-1-3-16(4-2-13)27-11-15-7-14(23-26-15)8-17(24)22-9-12-5-6-25-10-12/h1-4,7,12H,5-6,8-11H2,(H,22,24). The van der Waals surface area contributed by atoms with Gasteiger partial charge in [0.2, 0.25) is 5.91 Å². The van der Waals surface area contributed by atoms with Crippen LogP contribution in [0.1, 0.15) is 23.4 Å². The van der Waals surface area contributed by atoms with E-state index in [2.05, 4.69) is 10.5 Å². The van der Waals surface area contributed by atoms with Crippen molar-refractivity contribution in [2.75, 3.05) is 19.8 Å². The van der Waals surface area contributed by atoms with Crippen LogP contribution in [0.4, 0.5) is 13.2 Å². The van der Waals surface area contributed by atoms with E-state index in [-0.39, 0.29) is 12.3 Å². The van der Waals surface area contributed by atoms with Gasteiger partial charge < -0.3 is 14.6 Å². The van der Waals surface area contributed by atoms with Crippen molar-refractivity contribution in [3.63, 3.8) is 0 Å². The number of hydrogen-bond acceptors (Lipinski definition) is 5. The number of aromatic nitrogens is 1. The maximum atomic E-state index is 12.6. The molecule has 3 rings (SSSR count). The summed E-state index contributed by atoms with van der Waals surface area (Å²) in [6.07, 6.45) is -3.26. The molecule has 1 aromatic heterocycles. The van der Waals surface area contributed by atoms with Gasteiger partial charge in [0.05, 0.1) is 30.0 Å². The summed E-state index contributed by atoms with van der Waals surface area (Å²) in [5, 5.41) is 6.73. The maximum Gasteiger partial charge on any atom is 0.416 e. The lowest BCUT2D eigenvalue weighted by Crippen LogP contribution is -2.30. The Kier molecular flexibility index (Phi) is 6.43. The number of thioether (sulfide) groups is 1. The van der Waals surface area contributed by atoms with Gasteiger partial charge in [-0.1, -0.05) is 5.16 Å². The summed E-state index contributed by atoms with van der Waals surface area (Å²) >= 11 is 1.34. The van der Waals surface area contributed by atoms with Gasteiger partial charge in [-0.15, -0.1) is 11.8 Å². The number of carbonyl (C=O) groups excluding carboxylic acids is 1. The molecule has 0 aliphatic carbocycles. The first-order chi connectivity index (χ1) is 12.9. The topological polar surface area (TPSA) is 64.4 Å². The lowest BCUT2D eigenvalue weighted by Gasteiger charge is -2.08. The van der Waals surface area contributed by atoms with Crippen molar-refractivity contribution in [2.45, 2.75) is 29.7 Å². The average Bonchev–Trinajstić information content (AvgIpc) is 3.30. The van der Waals surface area contributed by atoms with Gasteiger partial charge in [0.15, 0.2) is 0 Å². The predicted octanol–water partition coefficient (Wildman–Crippen LogP) is 3.68. The molecule has 1 aromatic carbocycles. The zero-order valence-electron chi connectivity index (χ0n) is 14.4. The predicted molar refractivity (Wildman–Crippen MR) is 93.1 cm³/mol. The third-order valence-corrected chi connectivity index (χ3v) is 5.16. The first-order valence-electron chi connectivity index (χ1n) is 8.49. The molecule has 2 heterocycles. The van der Waals surface area contributed by atoms with E-state index in [0.717, 1.165) is 25.2 Å². The van der Waals surface area contributed by atoms with Gasteiger partial charge in [0.25, 0.3) is 0 Å². The van der Waals surface area contributed by atoms with E-state index >= 15 is 0 Å². The number of rotatable bonds is 7. The zero-order valence-corrected chi connectivity index (χ0v) is 15.2. The third kappa shape index (κ3) is 6.00. The summed E-state index contributed by atoms with van der Waals surface area (Å²) in [5.74, 6) is 1.21.